The Kier molecular flexibility index (Phi) is 3.67. The quantitative estimate of drug-likeness (QED) is 0.914. The Labute approximate surface area is 135 Å². The number of anilines is 1. The lowest BCUT2D eigenvalue weighted by atomic mass is 9.95. The first-order chi connectivity index (χ1) is 11.3. The van der Waals surface area contributed by atoms with E-state index < -0.39 is 0 Å². The highest BCUT2D eigenvalue weighted by Gasteiger charge is 2.28. The lowest BCUT2D eigenvalue weighted by Crippen LogP contribution is -2.42. The maximum Gasteiger partial charge on any atom is 0.224 e. The molecule has 6 nitrogen and oxygen atoms in total. The van der Waals surface area contributed by atoms with Gasteiger partial charge in [0.1, 0.15) is 5.52 Å². The van der Waals surface area contributed by atoms with Crippen LogP contribution in [-0.2, 0) is 17.6 Å². The summed E-state index contributed by atoms with van der Waals surface area (Å²) in [6.07, 6.45) is 10.3. The predicted octanol–water partition coefficient (Wildman–Crippen LogP) is 1.57. The molecule has 0 saturated carbocycles. The molecule has 2 aromatic heterocycles. The number of amides is 1. The zero-order chi connectivity index (χ0) is 15.8. The van der Waals surface area contributed by atoms with Gasteiger partial charge in [0, 0.05) is 38.1 Å². The maximum atomic E-state index is 12.0. The summed E-state index contributed by atoms with van der Waals surface area (Å²) in [6.45, 7) is 1.70. The zero-order valence-corrected chi connectivity index (χ0v) is 13.6. The Morgan fingerprint density at radius 2 is 2.17 bits per heavy atom. The molecule has 2 aliphatic rings. The van der Waals surface area contributed by atoms with Crippen molar-refractivity contribution in [1.29, 1.82) is 0 Å². The fraction of sp³-hybridized carbons (Fsp3) is 0.588. The van der Waals surface area contributed by atoms with Gasteiger partial charge in [0.15, 0.2) is 5.82 Å². The molecule has 1 fully saturated rings. The van der Waals surface area contributed by atoms with Gasteiger partial charge in [-0.25, -0.2) is 9.50 Å². The van der Waals surface area contributed by atoms with Crippen molar-refractivity contribution >= 4 is 17.2 Å². The predicted molar refractivity (Wildman–Crippen MR) is 88.6 cm³/mol. The van der Waals surface area contributed by atoms with Gasteiger partial charge in [-0.1, -0.05) is 0 Å². The molecule has 4 rings (SSSR count). The molecule has 0 bridgehead atoms. The van der Waals surface area contributed by atoms with E-state index in [0.717, 1.165) is 50.1 Å². The summed E-state index contributed by atoms with van der Waals surface area (Å²) in [5.41, 5.74) is 3.74. The Hall–Kier alpha value is -2.11. The van der Waals surface area contributed by atoms with E-state index in [-0.39, 0.29) is 11.8 Å². The van der Waals surface area contributed by atoms with Gasteiger partial charge >= 0.3 is 0 Å². The zero-order valence-electron chi connectivity index (χ0n) is 13.6. The number of fused-ring (bicyclic) bond motifs is 3. The van der Waals surface area contributed by atoms with E-state index in [1.54, 1.807) is 7.05 Å². The molecule has 0 spiro atoms. The highest BCUT2D eigenvalue weighted by Crippen LogP contribution is 2.32. The average Bonchev–Trinajstić information content (AvgIpc) is 2.99. The molecule has 1 N–H and O–H groups in total. The van der Waals surface area contributed by atoms with Crippen LogP contribution in [0, 0.1) is 5.92 Å². The standard InChI is InChI=1S/C17H23N5O/c1-18-17(23)12-5-4-9-21(11-12)16-15-13-6-2-3-7-14(13)20-22(15)10-8-19-16/h8,10,12H,2-7,9,11H2,1H3,(H,18,23)/t12-/m1/s1. The van der Waals surface area contributed by atoms with Crippen LogP contribution >= 0.6 is 0 Å². The monoisotopic (exact) mass is 313 g/mol. The van der Waals surface area contributed by atoms with Gasteiger partial charge in [-0.2, -0.15) is 5.10 Å². The molecule has 0 aromatic carbocycles. The van der Waals surface area contributed by atoms with Crippen LogP contribution in [0.25, 0.3) is 5.52 Å². The van der Waals surface area contributed by atoms with Gasteiger partial charge in [0.05, 0.1) is 11.6 Å². The number of aromatic nitrogens is 3. The largest absolute Gasteiger partial charge is 0.359 e. The smallest absolute Gasteiger partial charge is 0.224 e. The minimum atomic E-state index is 0.0505. The van der Waals surface area contributed by atoms with Crippen LogP contribution in [0.4, 0.5) is 5.82 Å². The first-order valence-electron chi connectivity index (χ1n) is 8.59. The number of carbonyl (C=O) groups is 1. The fourth-order valence-electron chi connectivity index (χ4n) is 3.97. The second-order valence-corrected chi connectivity index (χ2v) is 6.58. The van der Waals surface area contributed by atoms with Crippen LogP contribution in [0.1, 0.15) is 36.9 Å². The van der Waals surface area contributed by atoms with Gasteiger partial charge in [-0.05, 0) is 38.5 Å². The highest BCUT2D eigenvalue weighted by molar-refractivity contribution is 5.80. The van der Waals surface area contributed by atoms with E-state index in [2.05, 4.69) is 15.2 Å². The molecular weight excluding hydrogens is 290 g/mol. The summed E-state index contributed by atoms with van der Waals surface area (Å²) in [7, 11) is 1.72. The Morgan fingerprint density at radius 3 is 3.04 bits per heavy atom. The molecule has 122 valence electrons. The summed E-state index contributed by atoms with van der Waals surface area (Å²) in [6, 6.07) is 0. The number of rotatable bonds is 2. The van der Waals surface area contributed by atoms with Crippen LogP contribution in [0.2, 0.25) is 0 Å². The number of piperidine rings is 1. The van der Waals surface area contributed by atoms with E-state index in [4.69, 9.17) is 5.10 Å². The molecule has 2 aromatic rings. The van der Waals surface area contributed by atoms with Crippen molar-refractivity contribution in [3.05, 3.63) is 23.7 Å². The van der Waals surface area contributed by atoms with Crippen molar-refractivity contribution < 1.29 is 4.79 Å². The molecule has 1 aliphatic heterocycles. The lowest BCUT2D eigenvalue weighted by Gasteiger charge is -2.33. The first kappa shape index (κ1) is 14.5. The minimum absolute atomic E-state index is 0.0505. The van der Waals surface area contributed by atoms with E-state index >= 15 is 0 Å². The topological polar surface area (TPSA) is 62.5 Å². The van der Waals surface area contributed by atoms with Crippen LogP contribution in [0.15, 0.2) is 12.4 Å². The number of nitrogens with one attached hydrogen (secondary N) is 1. The molecule has 0 unspecified atom stereocenters. The first-order valence-corrected chi connectivity index (χ1v) is 8.59. The van der Waals surface area contributed by atoms with E-state index in [0.29, 0.717) is 0 Å². The van der Waals surface area contributed by atoms with Crippen molar-refractivity contribution in [1.82, 2.24) is 19.9 Å². The van der Waals surface area contributed by atoms with Crippen molar-refractivity contribution in [2.24, 2.45) is 5.92 Å². The van der Waals surface area contributed by atoms with E-state index in [1.807, 2.05) is 16.9 Å². The number of nitrogens with zero attached hydrogens (tertiary/aromatic N) is 4. The summed E-state index contributed by atoms with van der Waals surface area (Å²) >= 11 is 0. The maximum absolute atomic E-state index is 12.0. The van der Waals surface area contributed by atoms with Crippen molar-refractivity contribution in [2.75, 3.05) is 25.0 Å². The number of hydrogen-bond donors (Lipinski definition) is 1. The second kappa shape index (κ2) is 5.83. The van der Waals surface area contributed by atoms with Crippen LogP contribution in [0.5, 0.6) is 0 Å². The van der Waals surface area contributed by atoms with Gasteiger partial charge < -0.3 is 10.2 Å². The Balaban J connectivity index is 1.73. The molecule has 3 heterocycles. The van der Waals surface area contributed by atoms with Crippen molar-refractivity contribution in [2.45, 2.75) is 38.5 Å². The Bertz CT molecular complexity index is 738. The SMILES string of the molecule is CNC(=O)[C@@H]1CCCN(c2nccn3nc4c(c23)CCCC4)C1. The fourth-order valence-corrected chi connectivity index (χ4v) is 3.97. The number of carbonyl (C=O) groups excluding carboxylic acids is 1. The average molecular weight is 313 g/mol. The normalized spacial score (nSPS) is 21.3. The molecule has 23 heavy (non-hydrogen) atoms. The minimum Gasteiger partial charge on any atom is -0.359 e. The van der Waals surface area contributed by atoms with Gasteiger partial charge in [-0.3, -0.25) is 4.79 Å². The van der Waals surface area contributed by atoms with Gasteiger partial charge in [0.2, 0.25) is 5.91 Å². The summed E-state index contributed by atoms with van der Waals surface area (Å²) < 4.78 is 1.99. The highest BCUT2D eigenvalue weighted by atomic mass is 16.1. The summed E-state index contributed by atoms with van der Waals surface area (Å²) in [4.78, 5) is 19.0. The number of aryl methyl sites for hydroxylation is 2. The van der Waals surface area contributed by atoms with Crippen LogP contribution in [0.3, 0.4) is 0 Å². The summed E-state index contributed by atoms with van der Waals surface area (Å²) in [5, 5.41) is 7.53. The Morgan fingerprint density at radius 1 is 1.30 bits per heavy atom. The molecule has 0 radical (unpaired) electrons. The van der Waals surface area contributed by atoms with Crippen molar-refractivity contribution in [3.8, 4) is 0 Å². The molecular formula is C17H23N5O. The van der Waals surface area contributed by atoms with E-state index in [9.17, 15) is 4.79 Å². The summed E-state index contributed by atoms with van der Waals surface area (Å²) in [5.74, 6) is 1.18. The van der Waals surface area contributed by atoms with Crippen LogP contribution < -0.4 is 10.2 Å². The third kappa shape index (κ3) is 2.46. The molecule has 1 saturated heterocycles. The van der Waals surface area contributed by atoms with Gasteiger partial charge in [0.25, 0.3) is 0 Å². The third-order valence-electron chi connectivity index (χ3n) is 5.14. The molecule has 1 aliphatic carbocycles. The molecule has 1 amide bonds. The van der Waals surface area contributed by atoms with Crippen LogP contribution in [-0.4, -0.2) is 40.6 Å². The molecule has 1 atom stereocenters. The van der Waals surface area contributed by atoms with Gasteiger partial charge in [-0.15, -0.1) is 0 Å². The van der Waals surface area contributed by atoms with Crippen molar-refractivity contribution in [3.63, 3.8) is 0 Å². The lowest BCUT2D eigenvalue weighted by molar-refractivity contribution is -0.124. The second-order valence-electron chi connectivity index (χ2n) is 6.58. The molecule has 6 heteroatoms. The van der Waals surface area contributed by atoms with E-state index in [1.165, 1.54) is 24.1 Å². The third-order valence-corrected chi connectivity index (χ3v) is 5.14. The number of hydrogen-bond acceptors (Lipinski definition) is 4.